The number of benzene rings is 2. The van der Waals surface area contributed by atoms with Crippen molar-refractivity contribution in [3.63, 3.8) is 0 Å². The predicted molar refractivity (Wildman–Crippen MR) is 113 cm³/mol. The number of ether oxygens (including phenoxy) is 2. The molecular formula is C23H30N2O4. The van der Waals surface area contributed by atoms with Crippen molar-refractivity contribution < 1.29 is 19.1 Å². The molecule has 0 aromatic heterocycles. The van der Waals surface area contributed by atoms with Crippen molar-refractivity contribution >= 4 is 11.8 Å². The van der Waals surface area contributed by atoms with Gasteiger partial charge in [-0.15, -0.1) is 0 Å². The second kappa shape index (κ2) is 11.1. The van der Waals surface area contributed by atoms with Crippen LogP contribution in [0.3, 0.4) is 0 Å². The topological polar surface area (TPSA) is 67.9 Å². The third-order valence-electron chi connectivity index (χ3n) is 4.59. The summed E-state index contributed by atoms with van der Waals surface area (Å²) in [6.45, 7) is 6.49. The maximum atomic E-state index is 13.0. The zero-order chi connectivity index (χ0) is 21.2. The van der Waals surface area contributed by atoms with Crippen LogP contribution in [0.2, 0.25) is 0 Å². The Morgan fingerprint density at radius 2 is 1.76 bits per heavy atom. The summed E-state index contributed by atoms with van der Waals surface area (Å²) >= 11 is 0. The number of carbonyl (C=O) groups is 2. The van der Waals surface area contributed by atoms with Crippen molar-refractivity contribution in [2.45, 2.75) is 39.8 Å². The average molecular weight is 399 g/mol. The first-order chi connectivity index (χ1) is 14.0. The van der Waals surface area contributed by atoms with Crippen molar-refractivity contribution in [2.75, 3.05) is 20.3 Å². The van der Waals surface area contributed by atoms with Gasteiger partial charge in [0.1, 0.15) is 17.5 Å². The molecular weight excluding hydrogens is 368 g/mol. The number of rotatable bonds is 10. The van der Waals surface area contributed by atoms with E-state index in [4.69, 9.17) is 9.47 Å². The number of nitrogens with zero attached hydrogens (tertiary/aromatic N) is 1. The summed E-state index contributed by atoms with van der Waals surface area (Å²) in [5.74, 6) is 0.897. The van der Waals surface area contributed by atoms with Crippen LogP contribution in [0.5, 0.6) is 11.5 Å². The van der Waals surface area contributed by atoms with Crippen molar-refractivity contribution in [2.24, 2.45) is 0 Å². The lowest BCUT2D eigenvalue weighted by molar-refractivity contribution is -0.142. The van der Waals surface area contributed by atoms with Crippen LogP contribution in [-0.4, -0.2) is 43.0 Å². The van der Waals surface area contributed by atoms with E-state index in [2.05, 4.69) is 5.32 Å². The van der Waals surface area contributed by atoms with Gasteiger partial charge in [0.05, 0.1) is 7.11 Å². The van der Waals surface area contributed by atoms with Crippen molar-refractivity contribution in [1.82, 2.24) is 10.2 Å². The van der Waals surface area contributed by atoms with Gasteiger partial charge in [-0.3, -0.25) is 9.59 Å². The van der Waals surface area contributed by atoms with Crippen molar-refractivity contribution in [1.29, 1.82) is 0 Å². The summed E-state index contributed by atoms with van der Waals surface area (Å²) in [4.78, 5) is 27.2. The number of methoxy groups -OCH3 is 1. The largest absolute Gasteiger partial charge is 0.497 e. The first-order valence-corrected chi connectivity index (χ1v) is 9.88. The van der Waals surface area contributed by atoms with Gasteiger partial charge in [0.15, 0.2) is 6.61 Å². The van der Waals surface area contributed by atoms with E-state index in [0.717, 1.165) is 11.1 Å². The molecule has 0 radical (unpaired) electrons. The highest BCUT2D eigenvalue weighted by atomic mass is 16.5. The standard InChI is InChI=1S/C23H30N2O4/c1-5-21(23(27)24-6-2)25(15-18-9-7-8-17(3)14-18)22(26)16-29-20-12-10-19(28-4)11-13-20/h7-14,21H,5-6,15-16H2,1-4H3,(H,24,27). The SMILES string of the molecule is CCNC(=O)C(CC)N(Cc1cccc(C)c1)C(=O)COc1ccc(OC)cc1. The number of amides is 2. The summed E-state index contributed by atoms with van der Waals surface area (Å²) in [6, 6.07) is 14.4. The Balaban J connectivity index is 2.17. The highest BCUT2D eigenvalue weighted by Crippen LogP contribution is 2.18. The molecule has 156 valence electrons. The van der Waals surface area contributed by atoms with Crippen LogP contribution in [0.15, 0.2) is 48.5 Å². The van der Waals surface area contributed by atoms with Gasteiger partial charge in [-0.05, 0) is 50.1 Å². The molecule has 0 aliphatic rings. The zero-order valence-corrected chi connectivity index (χ0v) is 17.6. The van der Waals surface area contributed by atoms with Crippen LogP contribution in [0, 0.1) is 6.92 Å². The molecule has 6 nitrogen and oxygen atoms in total. The van der Waals surface area contributed by atoms with Gasteiger partial charge >= 0.3 is 0 Å². The first kappa shape index (κ1) is 22.3. The van der Waals surface area contributed by atoms with E-state index in [0.29, 0.717) is 31.0 Å². The Kier molecular flexibility index (Phi) is 8.52. The third kappa shape index (κ3) is 6.52. The normalized spacial score (nSPS) is 11.4. The van der Waals surface area contributed by atoms with Crippen LogP contribution in [0.4, 0.5) is 0 Å². The van der Waals surface area contributed by atoms with E-state index in [1.165, 1.54) is 0 Å². The van der Waals surface area contributed by atoms with E-state index in [1.807, 2.05) is 45.0 Å². The second-order valence-corrected chi connectivity index (χ2v) is 6.79. The van der Waals surface area contributed by atoms with Gasteiger partial charge in [-0.25, -0.2) is 0 Å². The lowest BCUT2D eigenvalue weighted by atomic mass is 10.1. The second-order valence-electron chi connectivity index (χ2n) is 6.79. The van der Waals surface area contributed by atoms with Crippen LogP contribution in [0.25, 0.3) is 0 Å². The van der Waals surface area contributed by atoms with Crippen LogP contribution in [-0.2, 0) is 16.1 Å². The maximum absolute atomic E-state index is 13.0. The summed E-state index contributed by atoms with van der Waals surface area (Å²) in [5, 5.41) is 2.83. The van der Waals surface area contributed by atoms with E-state index in [9.17, 15) is 9.59 Å². The molecule has 2 aromatic rings. The quantitative estimate of drug-likeness (QED) is 0.667. The molecule has 1 N–H and O–H groups in total. The molecule has 0 spiro atoms. The molecule has 1 atom stereocenters. The molecule has 29 heavy (non-hydrogen) atoms. The molecule has 0 bridgehead atoms. The summed E-state index contributed by atoms with van der Waals surface area (Å²) < 4.78 is 10.8. The smallest absolute Gasteiger partial charge is 0.261 e. The Labute approximate surface area is 172 Å². The number of nitrogens with one attached hydrogen (secondary N) is 1. The fourth-order valence-corrected chi connectivity index (χ4v) is 3.12. The zero-order valence-electron chi connectivity index (χ0n) is 17.6. The Bertz CT molecular complexity index is 805. The molecule has 6 heteroatoms. The lowest BCUT2D eigenvalue weighted by Gasteiger charge is -2.30. The molecule has 0 aliphatic carbocycles. The molecule has 0 saturated heterocycles. The van der Waals surface area contributed by atoms with E-state index in [-0.39, 0.29) is 18.4 Å². The molecule has 0 aliphatic heterocycles. The van der Waals surface area contributed by atoms with Gasteiger partial charge in [-0.2, -0.15) is 0 Å². The molecule has 2 aromatic carbocycles. The highest BCUT2D eigenvalue weighted by molar-refractivity contribution is 5.88. The predicted octanol–water partition coefficient (Wildman–Crippen LogP) is 3.33. The first-order valence-electron chi connectivity index (χ1n) is 9.88. The van der Waals surface area contributed by atoms with Crippen molar-refractivity contribution in [3.05, 3.63) is 59.7 Å². The lowest BCUT2D eigenvalue weighted by Crippen LogP contribution is -2.50. The Morgan fingerprint density at radius 1 is 1.07 bits per heavy atom. The number of hydrogen-bond acceptors (Lipinski definition) is 4. The third-order valence-corrected chi connectivity index (χ3v) is 4.59. The van der Waals surface area contributed by atoms with Crippen LogP contribution < -0.4 is 14.8 Å². The molecule has 2 amide bonds. The highest BCUT2D eigenvalue weighted by Gasteiger charge is 2.28. The van der Waals surface area contributed by atoms with Gasteiger partial charge in [0.2, 0.25) is 5.91 Å². The van der Waals surface area contributed by atoms with Gasteiger partial charge < -0.3 is 19.7 Å². The minimum atomic E-state index is -0.553. The van der Waals surface area contributed by atoms with Gasteiger partial charge in [0.25, 0.3) is 5.91 Å². The number of carbonyl (C=O) groups excluding carboxylic acids is 2. The molecule has 0 saturated carbocycles. The van der Waals surface area contributed by atoms with Crippen LogP contribution in [0.1, 0.15) is 31.4 Å². The summed E-state index contributed by atoms with van der Waals surface area (Å²) in [7, 11) is 1.59. The minimum Gasteiger partial charge on any atom is -0.497 e. The molecule has 0 heterocycles. The van der Waals surface area contributed by atoms with Gasteiger partial charge in [0, 0.05) is 13.1 Å². The molecule has 2 rings (SSSR count). The Hall–Kier alpha value is -3.02. The molecule has 1 unspecified atom stereocenters. The maximum Gasteiger partial charge on any atom is 0.261 e. The molecule has 0 fully saturated rings. The fraction of sp³-hybridized carbons (Fsp3) is 0.391. The van der Waals surface area contributed by atoms with E-state index >= 15 is 0 Å². The average Bonchev–Trinajstić information content (AvgIpc) is 2.72. The van der Waals surface area contributed by atoms with E-state index in [1.54, 1.807) is 36.3 Å². The summed E-state index contributed by atoms with van der Waals surface area (Å²) in [5.41, 5.74) is 2.08. The van der Waals surface area contributed by atoms with Crippen molar-refractivity contribution in [3.8, 4) is 11.5 Å². The number of aryl methyl sites for hydroxylation is 1. The van der Waals surface area contributed by atoms with Crippen LogP contribution >= 0.6 is 0 Å². The summed E-state index contributed by atoms with van der Waals surface area (Å²) in [6.07, 6.45) is 0.520. The minimum absolute atomic E-state index is 0.145. The van der Waals surface area contributed by atoms with Gasteiger partial charge in [-0.1, -0.05) is 36.8 Å². The monoisotopic (exact) mass is 398 g/mol. The number of hydrogen-bond donors (Lipinski definition) is 1. The number of likely N-dealkylation sites (N-methyl/N-ethyl adjacent to an activating group) is 1. The Morgan fingerprint density at radius 3 is 2.34 bits per heavy atom. The van der Waals surface area contributed by atoms with E-state index < -0.39 is 6.04 Å². The fourth-order valence-electron chi connectivity index (χ4n) is 3.12.